The summed E-state index contributed by atoms with van der Waals surface area (Å²) in [6.07, 6.45) is 0. The van der Waals surface area contributed by atoms with Gasteiger partial charge in [0.1, 0.15) is 0 Å². The Bertz CT molecular complexity index is 751. The molecule has 3 aromatic rings. The highest BCUT2D eigenvalue weighted by Gasteiger charge is 2.27. The molecule has 0 fully saturated rings. The minimum absolute atomic E-state index is 0.0137. The number of aliphatic hydroxyl groups is 1. The number of aryl methyl sites for hydroxylation is 1. The van der Waals surface area contributed by atoms with Crippen molar-refractivity contribution in [2.75, 3.05) is 11.9 Å². The molecule has 0 spiro atoms. The molecule has 1 heterocycles. The van der Waals surface area contributed by atoms with Crippen LogP contribution in [-0.2, 0) is 12.6 Å². The highest BCUT2D eigenvalue weighted by atomic mass is 16.3. The third kappa shape index (κ3) is 2.38. The molecule has 0 aliphatic carbocycles. The van der Waals surface area contributed by atoms with Gasteiger partial charge in [0.2, 0.25) is 5.95 Å². The van der Waals surface area contributed by atoms with Crippen molar-refractivity contribution in [1.29, 1.82) is 0 Å². The number of nitrogens with one attached hydrogen (secondary N) is 1. The zero-order valence-corrected chi connectivity index (χ0v) is 12.2. The van der Waals surface area contributed by atoms with Gasteiger partial charge in [-0.1, -0.05) is 42.5 Å². The molecular weight excluding hydrogens is 262 g/mol. The van der Waals surface area contributed by atoms with Gasteiger partial charge in [0.05, 0.1) is 23.2 Å². The van der Waals surface area contributed by atoms with E-state index in [4.69, 9.17) is 0 Å². The van der Waals surface area contributed by atoms with E-state index in [1.54, 1.807) is 0 Å². The fourth-order valence-electron chi connectivity index (χ4n) is 2.51. The normalized spacial score (nSPS) is 14.0. The third-order valence-electron chi connectivity index (χ3n) is 3.90. The number of imidazole rings is 1. The fraction of sp³-hybridized carbons (Fsp3) is 0.235. The van der Waals surface area contributed by atoms with Crippen LogP contribution in [0.5, 0.6) is 0 Å². The first-order valence-corrected chi connectivity index (χ1v) is 7.00. The van der Waals surface area contributed by atoms with Crippen LogP contribution in [-0.4, -0.2) is 21.3 Å². The van der Waals surface area contributed by atoms with Gasteiger partial charge in [-0.2, -0.15) is 0 Å². The van der Waals surface area contributed by atoms with Crippen LogP contribution in [0.1, 0.15) is 12.5 Å². The average Bonchev–Trinajstić information content (AvgIpc) is 2.84. The molecule has 1 aromatic heterocycles. The van der Waals surface area contributed by atoms with Gasteiger partial charge in [-0.3, -0.25) is 0 Å². The van der Waals surface area contributed by atoms with E-state index in [1.807, 2.05) is 73.1 Å². The fourth-order valence-corrected chi connectivity index (χ4v) is 2.51. The van der Waals surface area contributed by atoms with Crippen LogP contribution in [0.3, 0.4) is 0 Å². The highest BCUT2D eigenvalue weighted by Crippen LogP contribution is 2.27. The predicted octanol–water partition coefficient (Wildman–Crippen LogP) is 2.89. The molecule has 108 valence electrons. The van der Waals surface area contributed by atoms with Gasteiger partial charge in [0.25, 0.3) is 0 Å². The van der Waals surface area contributed by atoms with Crippen LogP contribution in [0.25, 0.3) is 11.0 Å². The Morgan fingerprint density at radius 3 is 2.43 bits per heavy atom. The number of aliphatic hydroxyl groups excluding tert-OH is 1. The molecule has 0 aliphatic heterocycles. The number of aromatic nitrogens is 2. The number of fused-ring (bicyclic) bond motifs is 1. The van der Waals surface area contributed by atoms with Crippen LogP contribution < -0.4 is 5.32 Å². The van der Waals surface area contributed by atoms with E-state index < -0.39 is 5.54 Å². The molecule has 2 aromatic carbocycles. The largest absolute Gasteiger partial charge is 0.394 e. The van der Waals surface area contributed by atoms with E-state index in [-0.39, 0.29) is 6.61 Å². The molecule has 0 amide bonds. The van der Waals surface area contributed by atoms with Crippen LogP contribution in [0, 0.1) is 0 Å². The Kier molecular flexibility index (Phi) is 3.39. The van der Waals surface area contributed by atoms with Gasteiger partial charge >= 0.3 is 0 Å². The standard InChI is InChI=1S/C17H19N3O/c1-17(12-21,13-8-4-3-5-9-13)19-16-18-14-10-6-7-11-15(14)20(16)2/h3-11,21H,12H2,1-2H3,(H,18,19). The Morgan fingerprint density at radius 2 is 1.76 bits per heavy atom. The summed E-state index contributed by atoms with van der Waals surface area (Å²) in [6.45, 7) is 1.96. The monoisotopic (exact) mass is 281 g/mol. The van der Waals surface area contributed by atoms with Gasteiger partial charge in [-0.05, 0) is 24.6 Å². The van der Waals surface area contributed by atoms with E-state index in [2.05, 4.69) is 10.3 Å². The summed E-state index contributed by atoms with van der Waals surface area (Å²) in [5.41, 5.74) is 2.46. The van der Waals surface area contributed by atoms with Crippen molar-refractivity contribution in [2.45, 2.75) is 12.5 Å². The Hall–Kier alpha value is -2.33. The SMILES string of the molecule is Cn1c(NC(C)(CO)c2ccccc2)nc2ccccc21. The Morgan fingerprint density at radius 1 is 1.10 bits per heavy atom. The first-order chi connectivity index (χ1) is 10.1. The Labute approximate surface area is 124 Å². The molecular formula is C17H19N3O. The van der Waals surface area contributed by atoms with Crippen molar-refractivity contribution in [1.82, 2.24) is 9.55 Å². The minimum Gasteiger partial charge on any atom is -0.394 e. The molecule has 0 bridgehead atoms. The lowest BCUT2D eigenvalue weighted by atomic mass is 9.93. The molecule has 0 saturated heterocycles. The summed E-state index contributed by atoms with van der Waals surface area (Å²) in [4.78, 5) is 4.61. The van der Waals surface area contributed by atoms with Gasteiger partial charge in [-0.25, -0.2) is 4.98 Å². The lowest BCUT2D eigenvalue weighted by Gasteiger charge is -2.29. The maximum Gasteiger partial charge on any atom is 0.204 e. The summed E-state index contributed by atoms with van der Waals surface area (Å²) >= 11 is 0. The lowest BCUT2D eigenvalue weighted by molar-refractivity contribution is 0.223. The topological polar surface area (TPSA) is 50.1 Å². The van der Waals surface area contributed by atoms with Gasteiger partial charge < -0.3 is 15.0 Å². The van der Waals surface area contributed by atoms with E-state index in [0.29, 0.717) is 0 Å². The third-order valence-corrected chi connectivity index (χ3v) is 3.90. The van der Waals surface area contributed by atoms with Crippen LogP contribution in [0.15, 0.2) is 54.6 Å². The van der Waals surface area contributed by atoms with Gasteiger partial charge in [0, 0.05) is 7.05 Å². The number of rotatable bonds is 4. The molecule has 1 unspecified atom stereocenters. The van der Waals surface area contributed by atoms with Crippen LogP contribution in [0.2, 0.25) is 0 Å². The number of benzene rings is 2. The summed E-state index contributed by atoms with van der Waals surface area (Å²) < 4.78 is 2.01. The van der Waals surface area contributed by atoms with E-state index in [1.165, 1.54) is 0 Å². The summed E-state index contributed by atoms with van der Waals surface area (Å²) in [5, 5.41) is 13.2. The first kappa shape index (κ1) is 13.6. The summed E-state index contributed by atoms with van der Waals surface area (Å²) in [6, 6.07) is 17.9. The molecule has 0 aliphatic rings. The van der Waals surface area contributed by atoms with Crippen molar-refractivity contribution in [3.8, 4) is 0 Å². The number of hydrogen-bond acceptors (Lipinski definition) is 3. The molecule has 0 radical (unpaired) electrons. The number of para-hydroxylation sites is 2. The molecule has 4 nitrogen and oxygen atoms in total. The molecule has 4 heteroatoms. The van der Waals surface area contributed by atoms with Gasteiger partial charge in [-0.15, -0.1) is 0 Å². The van der Waals surface area contributed by atoms with E-state index >= 15 is 0 Å². The maximum absolute atomic E-state index is 9.87. The van der Waals surface area contributed by atoms with Gasteiger partial charge in [0.15, 0.2) is 0 Å². The number of hydrogen-bond donors (Lipinski definition) is 2. The van der Waals surface area contributed by atoms with Crippen molar-refractivity contribution >= 4 is 17.0 Å². The lowest BCUT2D eigenvalue weighted by Crippen LogP contribution is -2.36. The Balaban J connectivity index is 2.01. The second-order valence-corrected chi connectivity index (χ2v) is 5.46. The number of nitrogens with zero attached hydrogens (tertiary/aromatic N) is 2. The van der Waals surface area contributed by atoms with Crippen molar-refractivity contribution in [2.24, 2.45) is 7.05 Å². The minimum atomic E-state index is -0.573. The average molecular weight is 281 g/mol. The van der Waals surface area contributed by atoms with Crippen molar-refractivity contribution < 1.29 is 5.11 Å². The molecule has 1 atom stereocenters. The van der Waals surface area contributed by atoms with Crippen LogP contribution >= 0.6 is 0 Å². The molecule has 3 rings (SSSR count). The smallest absolute Gasteiger partial charge is 0.204 e. The van der Waals surface area contributed by atoms with Crippen LogP contribution in [0.4, 0.5) is 5.95 Å². The quantitative estimate of drug-likeness (QED) is 0.773. The zero-order valence-electron chi connectivity index (χ0n) is 12.2. The van der Waals surface area contributed by atoms with Crippen molar-refractivity contribution in [3.05, 3.63) is 60.2 Å². The molecule has 2 N–H and O–H groups in total. The maximum atomic E-state index is 9.87. The molecule has 0 saturated carbocycles. The van der Waals surface area contributed by atoms with Crippen molar-refractivity contribution in [3.63, 3.8) is 0 Å². The second kappa shape index (κ2) is 5.22. The predicted molar refractivity (Wildman–Crippen MR) is 85.2 cm³/mol. The summed E-state index contributed by atoms with van der Waals surface area (Å²) in [7, 11) is 1.97. The summed E-state index contributed by atoms with van der Waals surface area (Å²) in [5.74, 6) is 0.747. The molecule has 21 heavy (non-hydrogen) atoms. The first-order valence-electron chi connectivity index (χ1n) is 7.00. The number of anilines is 1. The van der Waals surface area contributed by atoms with E-state index in [9.17, 15) is 5.11 Å². The highest BCUT2D eigenvalue weighted by molar-refractivity contribution is 5.78. The second-order valence-electron chi connectivity index (χ2n) is 5.46. The van der Waals surface area contributed by atoms with E-state index in [0.717, 1.165) is 22.5 Å². The zero-order chi connectivity index (χ0) is 14.9.